The molecule has 0 aliphatic heterocycles. The molecule has 0 aromatic heterocycles. The second-order valence-corrected chi connectivity index (χ2v) is 19.8. The number of hydrogen-bond acceptors (Lipinski definition) is 7. The summed E-state index contributed by atoms with van der Waals surface area (Å²) in [5.41, 5.74) is -21.8. The Morgan fingerprint density at radius 1 is 0.449 bits per heavy atom. The molecular formula is C30H41ClF28N4O4S2. The summed E-state index contributed by atoms with van der Waals surface area (Å²) in [4.78, 5) is 3.66. The van der Waals surface area contributed by atoms with E-state index < -0.39 is 147 Å². The maximum absolute atomic E-state index is 14.4. The van der Waals surface area contributed by atoms with Crippen LogP contribution in [0.4, 0.5) is 123 Å². The summed E-state index contributed by atoms with van der Waals surface area (Å²) < 4.78 is 408. The largest absolute Gasteiger partial charge is 0.431 e. The van der Waals surface area contributed by atoms with Crippen LogP contribution in [0.25, 0.3) is 0 Å². The Kier molecular flexibility index (Phi) is 25.2. The first-order valence-electron chi connectivity index (χ1n) is 18.0. The molecule has 0 spiro atoms. The number of sulfonamides is 1. The monoisotopic (exact) mass is 1150 g/mol. The molecule has 0 bridgehead atoms. The second kappa shape index (κ2) is 24.4. The second-order valence-electron chi connectivity index (χ2n) is 14.9. The molecular weight excluding hydrogens is 1110 g/mol. The molecule has 0 amide bonds. The van der Waals surface area contributed by atoms with E-state index in [-0.39, 0.29) is 13.0 Å². The number of nitrogens with two attached hydrogens (primary N) is 1. The molecule has 69 heavy (non-hydrogen) atoms. The van der Waals surface area contributed by atoms with Gasteiger partial charge in [0.25, 0.3) is 11.3 Å². The number of nitrogens with one attached hydrogen (secondary N) is 1. The highest BCUT2D eigenvalue weighted by Crippen LogP contribution is 2.60. The van der Waals surface area contributed by atoms with Gasteiger partial charge in [-0.05, 0) is 73.5 Å². The fraction of sp³-hybridized carbons (Fsp3) is 1.00. The highest BCUT2D eigenvalue weighted by atomic mass is 35.7. The molecule has 420 valence electrons. The molecule has 2 atom stereocenters. The van der Waals surface area contributed by atoms with Crippen LogP contribution in [-0.2, 0) is 19.1 Å². The van der Waals surface area contributed by atoms with Gasteiger partial charge in [0.15, 0.2) is 0 Å². The molecule has 0 radical (unpaired) electrons. The van der Waals surface area contributed by atoms with Crippen LogP contribution < -0.4 is 10.5 Å². The first kappa shape index (κ1) is 71.3. The van der Waals surface area contributed by atoms with Crippen LogP contribution in [0, 0.1) is 11.8 Å². The van der Waals surface area contributed by atoms with Crippen LogP contribution in [0.15, 0.2) is 0 Å². The Morgan fingerprint density at radius 3 is 0.913 bits per heavy atom. The third-order valence-corrected chi connectivity index (χ3v) is 11.6. The van der Waals surface area contributed by atoms with Crippen molar-refractivity contribution in [2.24, 2.45) is 17.6 Å². The van der Waals surface area contributed by atoms with Gasteiger partial charge in [0.05, 0.1) is 11.5 Å². The molecule has 0 fully saturated rings. The minimum absolute atomic E-state index is 0.0313. The molecule has 0 aliphatic rings. The summed E-state index contributed by atoms with van der Waals surface area (Å²) in [6.07, 6.45) is -68.3. The summed E-state index contributed by atoms with van der Waals surface area (Å²) in [5, 5.41) is 0. The molecule has 0 saturated heterocycles. The molecule has 0 aliphatic carbocycles. The van der Waals surface area contributed by atoms with Crippen molar-refractivity contribution in [2.45, 2.75) is 111 Å². The van der Waals surface area contributed by atoms with Crippen molar-refractivity contribution in [2.75, 3.05) is 65.9 Å². The summed E-state index contributed by atoms with van der Waals surface area (Å²) in [7, 11) is 1.62. The van der Waals surface area contributed by atoms with E-state index in [0.717, 1.165) is 19.5 Å². The smallest absolute Gasteiger partial charge is 0.330 e. The number of hydrogen-bond donors (Lipinski definition) is 2. The lowest BCUT2D eigenvalue weighted by atomic mass is 9.77. The van der Waals surface area contributed by atoms with Crippen molar-refractivity contribution >= 4 is 29.8 Å². The topological polar surface area (TPSA) is 113 Å². The van der Waals surface area contributed by atoms with Crippen LogP contribution in [0.5, 0.6) is 0 Å². The van der Waals surface area contributed by atoms with E-state index in [1.165, 1.54) is 4.90 Å². The SMILES string of the molecule is CN(C)CCCN.CN(C)CCCNS(=O)(=O)CCC(CC(F)(C(F)(F)F)C(F)(F)F)C(F)(C(F)(F)F)C(F)(F)F.O=S(=O)(Cl)CCC(CC(F)(C(F)(F)F)C(F)(F)F)C(F)(C(F)(F)F)C(F)(F)F. The molecule has 39 heteroatoms. The molecule has 2 unspecified atom stereocenters. The van der Waals surface area contributed by atoms with E-state index in [9.17, 15) is 140 Å². The van der Waals surface area contributed by atoms with E-state index in [1.54, 1.807) is 18.8 Å². The maximum atomic E-state index is 14.4. The van der Waals surface area contributed by atoms with E-state index in [0.29, 0.717) is 0 Å². The Labute approximate surface area is 378 Å². The van der Waals surface area contributed by atoms with Gasteiger partial charge in [-0.2, -0.15) is 105 Å². The fourth-order valence-corrected chi connectivity index (χ4v) is 7.30. The third-order valence-electron chi connectivity index (χ3n) is 8.99. The zero-order valence-electron chi connectivity index (χ0n) is 35.0. The number of alkyl halides is 28. The van der Waals surface area contributed by atoms with E-state index in [2.05, 4.69) is 29.7 Å². The highest BCUT2D eigenvalue weighted by Gasteiger charge is 2.82. The van der Waals surface area contributed by atoms with E-state index >= 15 is 0 Å². The summed E-state index contributed by atoms with van der Waals surface area (Å²) in [5.74, 6) is -13.0. The minimum Gasteiger partial charge on any atom is -0.330 e. The van der Waals surface area contributed by atoms with Crippen molar-refractivity contribution in [3.63, 3.8) is 0 Å². The lowest BCUT2D eigenvalue weighted by Gasteiger charge is -2.40. The van der Waals surface area contributed by atoms with Gasteiger partial charge >= 0.3 is 60.7 Å². The zero-order chi connectivity index (χ0) is 56.5. The fourth-order valence-electron chi connectivity index (χ4n) is 5.28. The summed E-state index contributed by atoms with van der Waals surface area (Å²) in [6, 6.07) is 0. The summed E-state index contributed by atoms with van der Waals surface area (Å²) in [6.45, 7) is 1.67. The quantitative estimate of drug-likeness (QED) is 0.0709. The molecule has 0 rings (SSSR count). The average molecular weight is 1150 g/mol. The van der Waals surface area contributed by atoms with Crippen molar-refractivity contribution in [3.05, 3.63) is 0 Å². The van der Waals surface area contributed by atoms with E-state index in [4.69, 9.17) is 5.73 Å². The standard InChI is InChI=1S/C15H20F14N2O2S.C10H7ClF14O2S.C5H14N2/c1-31(2)6-3-5-30-34(32,33)7-4-9(11(17,14(24,25)26)15(27,28)29)8-10(16,12(18,19)20)13(21,22)23;11-28(26,27)2-1-4(6(13,9(20,21)22)10(23,24)25)3-5(12,7(14,15)16)8(17,18)19;1-7(2)5-3-4-6/h9,30H,3-8H2,1-2H3;4H,1-3H2;3-6H2,1-2H3. The van der Waals surface area contributed by atoms with Gasteiger partial charge in [-0.3, -0.25) is 0 Å². The van der Waals surface area contributed by atoms with Crippen LogP contribution in [-0.4, -0.2) is 165 Å². The molecule has 0 aromatic carbocycles. The maximum Gasteiger partial charge on any atom is 0.431 e. The normalized spacial score (nSPS) is 15.9. The summed E-state index contributed by atoms with van der Waals surface area (Å²) >= 11 is 0. The average Bonchev–Trinajstić information content (AvgIpc) is 3.08. The predicted molar refractivity (Wildman–Crippen MR) is 186 cm³/mol. The molecule has 3 N–H and O–H groups in total. The highest BCUT2D eigenvalue weighted by molar-refractivity contribution is 8.13. The van der Waals surface area contributed by atoms with Gasteiger partial charge in [0.1, 0.15) is 0 Å². The Balaban J connectivity index is -0.00000112. The first-order chi connectivity index (χ1) is 29.8. The number of nitrogens with zero attached hydrogens (tertiary/aromatic N) is 2. The lowest BCUT2D eigenvalue weighted by Crippen LogP contribution is -2.62. The number of rotatable bonds is 20. The van der Waals surface area contributed by atoms with Gasteiger partial charge in [0.2, 0.25) is 19.1 Å². The molecule has 0 heterocycles. The van der Waals surface area contributed by atoms with Crippen LogP contribution in [0.2, 0.25) is 0 Å². The van der Waals surface area contributed by atoms with Crippen molar-refractivity contribution in [1.29, 1.82) is 0 Å². The van der Waals surface area contributed by atoms with Crippen molar-refractivity contribution < 1.29 is 140 Å². The van der Waals surface area contributed by atoms with Gasteiger partial charge < -0.3 is 15.5 Å². The Hall–Kier alpha value is -1.93. The minimum atomic E-state index is -7.18. The van der Waals surface area contributed by atoms with Gasteiger partial charge in [-0.25, -0.2) is 39.1 Å². The molecule has 0 saturated carbocycles. The van der Waals surface area contributed by atoms with Crippen molar-refractivity contribution in [1.82, 2.24) is 14.5 Å². The van der Waals surface area contributed by atoms with E-state index in [1.807, 2.05) is 0 Å². The van der Waals surface area contributed by atoms with Gasteiger partial charge in [0, 0.05) is 41.9 Å². The lowest BCUT2D eigenvalue weighted by molar-refractivity contribution is -0.379. The van der Waals surface area contributed by atoms with Gasteiger partial charge in [-0.15, -0.1) is 0 Å². The Morgan fingerprint density at radius 2 is 0.710 bits per heavy atom. The molecule has 0 aromatic rings. The molecule has 8 nitrogen and oxygen atoms in total. The zero-order valence-corrected chi connectivity index (χ0v) is 37.4. The Bertz CT molecular complexity index is 1700. The van der Waals surface area contributed by atoms with Gasteiger partial charge in [-0.1, -0.05) is 0 Å². The van der Waals surface area contributed by atoms with Crippen molar-refractivity contribution in [3.8, 4) is 0 Å². The number of halogens is 29. The first-order valence-corrected chi connectivity index (χ1v) is 22.1. The predicted octanol–water partition coefficient (Wildman–Crippen LogP) is 10.4. The van der Waals surface area contributed by atoms with Crippen LogP contribution in [0.3, 0.4) is 0 Å². The third kappa shape index (κ3) is 20.1. The van der Waals surface area contributed by atoms with Crippen LogP contribution in [0.1, 0.15) is 38.5 Å². The van der Waals surface area contributed by atoms with Crippen LogP contribution >= 0.6 is 10.7 Å².